The Kier molecular flexibility index (Phi) is 5.07. The van der Waals surface area contributed by atoms with Crippen molar-refractivity contribution in [1.29, 1.82) is 0 Å². The first-order chi connectivity index (χ1) is 12.5. The lowest BCUT2D eigenvalue weighted by atomic mass is 10.1. The summed E-state index contributed by atoms with van der Waals surface area (Å²) in [5.74, 6) is 0.676. The van der Waals surface area contributed by atoms with E-state index in [1.54, 1.807) is 24.1 Å². The Hall–Kier alpha value is -3.08. The minimum Gasteiger partial charge on any atom is -0.497 e. The number of fused-ring (bicyclic) bond motifs is 1. The molecule has 0 unspecified atom stereocenters. The molecule has 0 aliphatic heterocycles. The number of hydrogen-bond donors (Lipinski definition) is 1. The van der Waals surface area contributed by atoms with Crippen molar-refractivity contribution in [3.8, 4) is 5.75 Å². The highest BCUT2D eigenvalue weighted by molar-refractivity contribution is 5.93. The van der Waals surface area contributed by atoms with Crippen LogP contribution in [0.25, 0.3) is 10.9 Å². The number of aromatic amines is 1. The van der Waals surface area contributed by atoms with Gasteiger partial charge in [-0.2, -0.15) is 0 Å². The minimum absolute atomic E-state index is 0.0430. The van der Waals surface area contributed by atoms with E-state index in [0.29, 0.717) is 12.0 Å². The fourth-order valence-electron chi connectivity index (χ4n) is 2.92. The number of hydrogen-bond acceptors (Lipinski definition) is 3. The lowest BCUT2D eigenvalue weighted by Crippen LogP contribution is -2.32. The average Bonchev–Trinajstić information content (AvgIpc) is 2.66. The normalized spacial score (nSPS) is 10.7. The van der Waals surface area contributed by atoms with Gasteiger partial charge in [0, 0.05) is 23.2 Å². The van der Waals surface area contributed by atoms with E-state index in [-0.39, 0.29) is 18.0 Å². The van der Waals surface area contributed by atoms with Crippen LogP contribution < -0.4 is 15.2 Å². The highest BCUT2D eigenvalue weighted by atomic mass is 16.5. The number of nitrogens with one attached hydrogen (secondary N) is 1. The van der Waals surface area contributed by atoms with Crippen LogP contribution in [0.1, 0.15) is 24.5 Å². The number of pyridine rings is 1. The average molecular weight is 350 g/mol. The monoisotopic (exact) mass is 350 g/mol. The van der Waals surface area contributed by atoms with Gasteiger partial charge in [0.05, 0.1) is 13.7 Å². The number of carbonyl (C=O) groups is 1. The predicted molar refractivity (Wildman–Crippen MR) is 104 cm³/mol. The van der Waals surface area contributed by atoms with Gasteiger partial charge in [0.1, 0.15) is 5.75 Å². The molecule has 0 aliphatic carbocycles. The molecule has 2 aromatic carbocycles. The van der Waals surface area contributed by atoms with E-state index in [1.807, 2.05) is 50.2 Å². The molecule has 0 fully saturated rings. The van der Waals surface area contributed by atoms with Crippen LogP contribution in [0.4, 0.5) is 5.69 Å². The molecule has 1 amide bonds. The number of carbonyl (C=O) groups excluding carboxylic acids is 1. The molecule has 0 spiro atoms. The van der Waals surface area contributed by atoms with Crippen LogP contribution in [0.15, 0.2) is 53.3 Å². The third-order valence-corrected chi connectivity index (χ3v) is 4.39. The van der Waals surface area contributed by atoms with Crippen LogP contribution in [-0.4, -0.2) is 18.0 Å². The van der Waals surface area contributed by atoms with Gasteiger partial charge in [-0.05, 0) is 54.3 Å². The number of nitrogens with zero attached hydrogens (tertiary/aromatic N) is 1. The van der Waals surface area contributed by atoms with Crippen molar-refractivity contribution in [1.82, 2.24) is 4.98 Å². The summed E-state index contributed by atoms with van der Waals surface area (Å²) in [4.78, 5) is 29.5. The number of methoxy groups -OCH3 is 1. The van der Waals surface area contributed by atoms with E-state index in [1.165, 1.54) is 0 Å². The summed E-state index contributed by atoms with van der Waals surface area (Å²) >= 11 is 0. The fraction of sp³-hybridized carbons (Fsp3) is 0.238. The summed E-state index contributed by atoms with van der Waals surface area (Å²) in [5.41, 5.74) is 3.00. The molecule has 3 aromatic rings. The maximum Gasteiger partial charge on any atom is 0.253 e. The number of benzene rings is 2. The lowest BCUT2D eigenvalue weighted by molar-refractivity contribution is -0.118. The smallest absolute Gasteiger partial charge is 0.253 e. The molecule has 26 heavy (non-hydrogen) atoms. The quantitative estimate of drug-likeness (QED) is 0.761. The van der Waals surface area contributed by atoms with Gasteiger partial charge >= 0.3 is 0 Å². The van der Waals surface area contributed by atoms with Crippen molar-refractivity contribution in [2.75, 3.05) is 12.0 Å². The van der Waals surface area contributed by atoms with Crippen LogP contribution in [0.3, 0.4) is 0 Å². The zero-order valence-corrected chi connectivity index (χ0v) is 15.2. The zero-order valence-electron chi connectivity index (χ0n) is 15.2. The number of aromatic nitrogens is 1. The van der Waals surface area contributed by atoms with Gasteiger partial charge < -0.3 is 14.6 Å². The highest BCUT2D eigenvalue weighted by Gasteiger charge is 2.17. The van der Waals surface area contributed by atoms with Crippen molar-refractivity contribution in [3.63, 3.8) is 0 Å². The van der Waals surface area contributed by atoms with Crippen LogP contribution in [-0.2, 0) is 11.3 Å². The minimum atomic E-state index is -0.175. The van der Waals surface area contributed by atoms with Gasteiger partial charge in [-0.1, -0.05) is 19.1 Å². The van der Waals surface area contributed by atoms with Crippen molar-refractivity contribution >= 4 is 22.5 Å². The number of anilines is 1. The molecule has 5 heteroatoms. The Balaban J connectivity index is 1.99. The molecule has 134 valence electrons. The molecule has 1 heterocycles. The van der Waals surface area contributed by atoms with Crippen molar-refractivity contribution < 1.29 is 9.53 Å². The molecular formula is C21H22N2O3. The second kappa shape index (κ2) is 7.44. The van der Waals surface area contributed by atoms with E-state index < -0.39 is 0 Å². The molecule has 1 aromatic heterocycles. The van der Waals surface area contributed by atoms with E-state index >= 15 is 0 Å². The molecule has 3 rings (SSSR count). The Bertz CT molecular complexity index is 990. The maximum absolute atomic E-state index is 12.5. The van der Waals surface area contributed by atoms with Crippen LogP contribution >= 0.6 is 0 Å². The van der Waals surface area contributed by atoms with Crippen molar-refractivity contribution in [2.24, 2.45) is 0 Å². The largest absolute Gasteiger partial charge is 0.497 e. The summed E-state index contributed by atoms with van der Waals surface area (Å²) < 4.78 is 5.17. The summed E-state index contributed by atoms with van der Waals surface area (Å²) in [6, 6.07) is 15.0. The van der Waals surface area contributed by atoms with Crippen molar-refractivity contribution in [2.45, 2.75) is 26.8 Å². The fourth-order valence-corrected chi connectivity index (χ4v) is 2.92. The van der Waals surface area contributed by atoms with Crippen LogP contribution in [0, 0.1) is 6.92 Å². The molecule has 0 saturated heterocycles. The van der Waals surface area contributed by atoms with Gasteiger partial charge in [-0.25, -0.2) is 0 Å². The maximum atomic E-state index is 12.5. The van der Waals surface area contributed by atoms with Gasteiger partial charge in [-0.3, -0.25) is 9.59 Å². The Morgan fingerprint density at radius 2 is 1.85 bits per heavy atom. The van der Waals surface area contributed by atoms with Gasteiger partial charge in [-0.15, -0.1) is 0 Å². The first kappa shape index (κ1) is 17.7. The molecule has 1 N–H and O–H groups in total. The topological polar surface area (TPSA) is 62.4 Å². The summed E-state index contributed by atoms with van der Waals surface area (Å²) in [6.07, 6.45) is 0.358. The third-order valence-electron chi connectivity index (χ3n) is 4.39. The van der Waals surface area contributed by atoms with E-state index in [4.69, 9.17) is 4.74 Å². The molecular weight excluding hydrogens is 328 g/mol. The first-order valence-corrected chi connectivity index (χ1v) is 8.59. The summed E-state index contributed by atoms with van der Waals surface area (Å²) in [6.45, 7) is 4.02. The van der Waals surface area contributed by atoms with E-state index in [9.17, 15) is 9.59 Å². The van der Waals surface area contributed by atoms with Gasteiger partial charge in [0.15, 0.2) is 0 Å². The zero-order chi connectivity index (χ0) is 18.7. The van der Waals surface area contributed by atoms with E-state index in [2.05, 4.69) is 4.98 Å². The van der Waals surface area contributed by atoms with Gasteiger partial charge in [0.25, 0.3) is 5.56 Å². The third kappa shape index (κ3) is 3.61. The molecule has 0 bridgehead atoms. The molecule has 5 nitrogen and oxygen atoms in total. The Morgan fingerprint density at radius 3 is 2.50 bits per heavy atom. The highest BCUT2D eigenvalue weighted by Crippen LogP contribution is 2.22. The van der Waals surface area contributed by atoms with Crippen molar-refractivity contribution in [3.05, 3.63) is 70.0 Å². The van der Waals surface area contributed by atoms with Gasteiger partial charge in [0.2, 0.25) is 5.91 Å². The Labute approximate surface area is 152 Å². The Morgan fingerprint density at radius 1 is 1.12 bits per heavy atom. The number of aryl methyl sites for hydroxylation is 1. The molecule has 0 saturated carbocycles. The number of H-pyrrole nitrogens is 1. The number of rotatable bonds is 5. The number of ether oxygens (including phenoxy) is 1. The predicted octanol–water partition coefficient (Wildman–Crippen LogP) is 3.79. The van der Waals surface area contributed by atoms with Crippen LogP contribution in [0.5, 0.6) is 5.75 Å². The SMILES string of the molecule is CCC(=O)N(Cc1cc2ccc(C)cc2[nH]c1=O)c1ccc(OC)cc1. The first-order valence-electron chi connectivity index (χ1n) is 8.59. The second-order valence-corrected chi connectivity index (χ2v) is 6.25. The molecule has 0 radical (unpaired) electrons. The lowest BCUT2D eigenvalue weighted by Gasteiger charge is -2.22. The van der Waals surface area contributed by atoms with Crippen LogP contribution in [0.2, 0.25) is 0 Å². The second-order valence-electron chi connectivity index (χ2n) is 6.25. The molecule has 0 atom stereocenters. The number of amides is 1. The standard InChI is InChI=1S/C21H22N2O3/c1-4-20(24)23(17-7-9-18(26-3)10-8-17)13-16-12-15-6-5-14(2)11-19(15)22-21(16)25/h5-12H,4,13H2,1-3H3,(H,22,25). The summed E-state index contributed by atoms with van der Waals surface area (Å²) in [5, 5.41) is 0.948. The summed E-state index contributed by atoms with van der Waals surface area (Å²) in [7, 11) is 1.60. The molecule has 0 aliphatic rings. The van der Waals surface area contributed by atoms with E-state index in [0.717, 1.165) is 27.9 Å².